The van der Waals surface area contributed by atoms with Crippen LogP contribution in [0.1, 0.15) is 40.0 Å². The van der Waals surface area contributed by atoms with E-state index in [2.05, 4.69) is 6.92 Å². The molecule has 0 aromatic heterocycles. The average molecular weight is 162 g/mol. The van der Waals surface area contributed by atoms with Crippen molar-refractivity contribution in [3.05, 3.63) is 0 Å². The standard InChI is InChI=1S/C7H13FO.C2H6/c1-2-3-4-7(8)5-9-6-7;1-2/h2-6H2,1H3;1-2H3. The molecule has 0 aromatic rings. The van der Waals surface area contributed by atoms with Crippen LogP contribution in [0.15, 0.2) is 0 Å². The highest BCUT2D eigenvalue weighted by Crippen LogP contribution is 2.27. The van der Waals surface area contributed by atoms with Crippen molar-refractivity contribution < 1.29 is 9.13 Å². The van der Waals surface area contributed by atoms with Crippen molar-refractivity contribution in [2.75, 3.05) is 13.2 Å². The van der Waals surface area contributed by atoms with Gasteiger partial charge in [0.25, 0.3) is 0 Å². The van der Waals surface area contributed by atoms with E-state index in [1.54, 1.807) is 0 Å². The SMILES string of the molecule is CC.CCCCC1(F)COC1. The number of rotatable bonds is 3. The van der Waals surface area contributed by atoms with Crippen LogP contribution < -0.4 is 0 Å². The Bertz CT molecular complexity index is 89.6. The lowest BCUT2D eigenvalue weighted by Gasteiger charge is -2.33. The number of ether oxygens (including phenoxy) is 1. The Morgan fingerprint density at radius 1 is 1.36 bits per heavy atom. The summed E-state index contributed by atoms with van der Waals surface area (Å²) in [5.41, 5.74) is -0.948. The number of hydrogen-bond acceptors (Lipinski definition) is 1. The van der Waals surface area contributed by atoms with Gasteiger partial charge >= 0.3 is 0 Å². The first kappa shape index (κ1) is 10.9. The van der Waals surface area contributed by atoms with E-state index in [-0.39, 0.29) is 0 Å². The highest BCUT2D eigenvalue weighted by atomic mass is 19.1. The second-order valence-electron chi connectivity index (χ2n) is 2.75. The highest BCUT2D eigenvalue weighted by Gasteiger charge is 2.37. The molecule has 1 aliphatic rings. The Morgan fingerprint density at radius 2 is 1.91 bits per heavy atom. The predicted octanol–water partition coefficient (Wildman–Crippen LogP) is 2.94. The van der Waals surface area contributed by atoms with Crippen LogP contribution in [0.5, 0.6) is 0 Å². The predicted molar refractivity (Wildman–Crippen MR) is 45.5 cm³/mol. The average Bonchev–Trinajstić information content (AvgIpc) is 2.01. The van der Waals surface area contributed by atoms with Gasteiger partial charge in [-0.3, -0.25) is 0 Å². The molecule has 0 N–H and O–H groups in total. The molecule has 2 heteroatoms. The Balaban J connectivity index is 0.000000461. The highest BCUT2D eigenvalue weighted by molar-refractivity contribution is 4.85. The van der Waals surface area contributed by atoms with Crippen LogP contribution in [-0.4, -0.2) is 18.9 Å². The first-order chi connectivity index (χ1) is 5.27. The number of hydrogen-bond donors (Lipinski definition) is 0. The van der Waals surface area contributed by atoms with E-state index >= 15 is 0 Å². The molecule has 0 radical (unpaired) electrons. The third-order valence-corrected chi connectivity index (χ3v) is 1.70. The van der Waals surface area contributed by atoms with Crippen molar-refractivity contribution in [1.82, 2.24) is 0 Å². The molecular formula is C9H19FO. The molecule has 0 spiro atoms. The minimum Gasteiger partial charge on any atom is -0.375 e. The summed E-state index contributed by atoms with van der Waals surface area (Å²) in [6, 6.07) is 0. The largest absolute Gasteiger partial charge is 0.375 e. The molecule has 0 aromatic carbocycles. The second kappa shape index (κ2) is 5.53. The zero-order valence-corrected chi connectivity index (χ0v) is 7.82. The molecule has 0 aliphatic carbocycles. The van der Waals surface area contributed by atoms with E-state index in [0.717, 1.165) is 12.8 Å². The summed E-state index contributed by atoms with van der Waals surface area (Å²) in [7, 11) is 0. The maximum absolute atomic E-state index is 13.0. The molecule has 1 fully saturated rings. The maximum Gasteiger partial charge on any atom is 0.157 e. The fraction of sp³-hybridized carbons (Fsp3) is 1.00. The molecule has 1 saturated heterocycles. The van der Waals surface area contributed by atoms with Crippen LogP contribution in [0.3, 0.4) is 0 Å². The molecule has 1 aliphatic heterocycles. The monoisotopic (exact) mass is 162 g/mol. The zero-order valence-electron chi connectivity index (χ0n) is 7.82. The van der Waals surface area contributed by atoms with Crippen LogP contribution >= 0.6 is 0 Å². The van der Waals surface area contributed by atoms with Crippen molar-refractivity contribution in [3.63, 3.8) is 0 Å². The normalized spacial score (nSPS) is 19.6. The topological polar surface area (TPSA) is 9.23 Å². The van der Waals surface area contributed by atoms with E-state index < -0.39 is 5.67 Å². The summed E-state index contributed by atoms with van der Waals surface area (Å²) >= 11 is 0. The lowest BCUT2D eigenvalue weighted by Crippen LogP contribution is -2.45. The van der Waals surface area contributed by atoms with Gasteiger partial charge in [-0.05, 0) is 6.42 Å². The zero-order chi connectivity index (χ0) is 8.74. The smallest absolute Gasteiger partial charge is 0.157 e. The van der Waals surface area contributed by atoms with Crippen molar-refractivity contribution in [2.45, 2.75) is 45.7 Å². The van der Waals surface area contributed by atoms with E-state index in [0.29, 0.717) is 19.6 Å². The van der Waals surface area contributed by atoms with Gasteiger partial charge in [-0.1, -0.05) is 33.6 Å². The van der Waals surface area contributed by atoms with Crippen molar-refractivity contribution >= 4 is 0 Å². The summed E-state index contributed by atoms with van der Waals surface area (Å²) < 4.78 is 17.7. The Morgan fingerprint density at radius 3 is 2.18 bits per heavy atom. The van der Waals surface area contributed by atoms with E-state index in [1.165, 1.54) is 0 Å². The minimum absolute atomic E-state index is 0.326. The van der Waals surface area contributed by atoms with Crippen molar-refractivity contribution in [3.8, 4) is 0 Å². The first-order valence-electron chi connectivity index (χ1n) is 4.53. The van der Waals surface area contributed by atoms with Gasteiger partial charge < -0.3 is 4.74 Å². The number of halogens is 1. The number of alkyl halides is 1. The Kier molecular flexibility index (Phi) is 5.47. The summed E-state index contributed by atoms with van der Waals surface area (Å²) in [6.45, 7) is 6.73. The molecule has 0 amide bonds. The minimum atomic E-state index is -0.948. The van der Waals surface area contributed by atoms with E-state index in [9.17, 15) is 4.39 Å². The second-order valence-corrected chi connectivity index (χ2v) is 2.75. The van der Waals surface area contributed by atoms with Crippen LogP contribution in [0.25, 0.3) is 0 Å². The van der Waals surface area contributed by atoms with Gasteiger partial charge in [0.05, 0.1) is 13.2 Å². The molecular weight excluding hydrogens is 143 g/mol. The van der Waals surface area contributed by atoms with Gasteiger partial charge in [0.1, 0.15) is 0 Å². The Labute approximate surface area is 68.9 Å². The fourth-order valence-electron chi connectivity index (χ4n) is 0.961. The van der Waals surface area contributed by atoms with Crippen molar-refractivity contribution in [1.29, 1.82) is 0 Å². The maximum atomic E-state index is 13.0. The lowest BCUT2D eigenvalue weighted by molar-refractivity contribution is -0.134. The van der Waals surface area contributed by atoms with Gasteiger partial charge in [0.2, 0.25) is 0 Å². The summed E-state index contributed by atoms with van der Waals surface area (Å²) in [5, 5.41) is 0. The van der Waals surface area contributed by atoms with Crippen LogP contribution in [-0.2, 0) is 4.74 Å². The van der Waals surface area contributed by atoms with Crippen molar-refractivity contribution in [2.24, 2.45) is 0 Å². The summed E-state index contributed by atoms with van der Waals surface area (Å²) in [4.78, 5) is 0. The molecule has 1 nitrogen and oxygen atoms in total. The van der Waals surface area contributed by atoms with Gasteiger partial charge in [0, 0.05) is 0 Å². The van der Waals surface area contributed by atoms with Gasteiger partial charge in [-0.2, -0.15) is 0 Å². The van der Waals surface area contributed by atoms with Crippen LogP contribution in [0.2, 0.25) is 0 Å². The van der Waals surface area contributed by atoms with E-state index in [4.69, 9.17) is 4.74 Å². The lowest BCUT2D eigenvalue weighted by atomic mass is 9.97. The number of unbranched alkanes of at least 4 members (excludes halogenated alkanes) is 1. The molecule has 0 atom stereocenters. The third kappa shape index (κ3) is 3.71. The quantitative estimate of drug-likeness (QED) is 0.620. The fourth-order valence-corrected chi connectivity index (χ4v) is 0.961. The summed E-state index contributed by atoms with van der Waals surface area (Å²) in [6.07, 6.45) is 2.75. The molecule has 68 valence electrons. The molecule has 0 unspecified atom stereocenters. The molecule has 0 saturated carbocycles. The molecule has 11 heavy (non-hydrogen) atoms. The Hall–Kier alpha value is -0.110. The van der Waals surface area contributed by atoms with Gasteiger partial charge in [-0.25, -0.2) is 4.39 Å². The van der Waals surface area contributed by atoms with Crippen LogP contribution in [0.4, 0.5) is 4.39 Å². The van der Waals surface area contributed by atoms with Crippen LogP contribution in [0, 0.1) is 0 Å². The third-order valence-electron chi connectivity index (χ3n) is 1.70. The molecule has 0 bridgehead atoms. The first-order valence-corrected chi connectivity index (χ1v) is 4.53. The van der Waals surface area contributed by atoms with Gasteiger partial charge in [-0.15, -0.1) is 0 Å². The summed E-state index contributed by atoms with van der Waals surface area (Å²) in [5.74, 6) is 0. The van der Waals surface area contributed by atoms with Gasteiger partial charge in [0.15, 0.2) is 5.67 Å². The molecule has 1 heterocycles. The molecule has 1 rings (SSSR count). The van der Waals surface area contributed by atoms with E-state index in [1.807, 2.05) is 13.8 Å².